The first-order valence-corrected chi connectivity index (χ1v) is 2.67. The van der Waals surface area contributed by atoms with Crippen LogP contribution in [0.2, 0.25) is 0 Å². The lowest BCUT2D eigenvalue weighted by atomic mass is 10.1. The van der Waals surface area contributed by atoms with E-state index in [0.29, 0.717) is 0 Å². The van der Waals surface area contributed by atoms with E-state index in [1.54, 1.807) is 0 Å². The van der Waals surface area contributed by atoms with Crippen molar-refractivity contribution in [1.29, 1.82) is 0 Å². The van der Waals surface area contributed by atoms with Gasteiger partial charge in [-0.25, -0.2) is 0 Å². The molecule has 9 heavy (non-hydrogen) atoms. The molecule has 0 amide bonds. The second kappa shape index (κ2) is 3.45. The number of carboxylic acids is 1. The van der Waals surface area contributed by atoms with Crippen LogP contribution in [0.5, 0.6) is 0 Å². The molecule has 0 rings (SSSR count). The molecule has 3 heteroatoms. The number of hydrogen-bond acceptors (Lipinski definition) is 2. The lowest BCUT2D eigenvalue weighted by Crippen LogP contribution is -2.31. The number of rotatable bonds is 3. The Bertz CT molecular complexity index is 150. The predicted octanol–water partition coefficient (Wildman–Crippen LogP) is 0.444. The van der Waals surface area contributed by atoms with Gasteiger partial charge in [-0.3, -0.25) is 4.79 Å². The largest absolute Gasteiger partial charge is 0.480 e. The van der Waals surface area contributed by atoms with Crippen molar-refractivity contribution in [2.24, 2.45) is 11.6 Å². The van der Waals surface area contributed by atoms with Gasteiger partial charge in [0, 0.05) is 2.74 Å². The highest BCUT2D eigenvalue weighted by Gasteiger charge is 2.11. The molecule has 0 saturated heterocycles. The van der Waals surface area contributed by atoms with Crippen LogP contribution < -0.4 is 5.73 Å². The summed E-state index contributed by atoms with van der Waals surface area (Å²) in [5.41, 5.74) is 5.18. The summed E-state index contributed by atoms with van der Waals surface area (Å²) in [6.07, 6.45) is 0.0197. The van der Waals surface area contributed by atoms with Crippen LogP contribution in [0.3, 0.4) is 0 Å². The summed E-state index contributed by atoms with van der Waals surface area (Å²) in [6.45, 7) is 1.37. The molecule has 0 aromatic carbocycles. The monoisotopic (exact) mass is 135 g/mol. The maximum absolute atomic E-state index is 10.2. The Labute approximate surface area is 57.7 Å². The first kappa shape index (κ1) is 5.23. The molecule has 3 nitrogen and oxygen atoms in total. The van der Waals surface area contributed by atoms with Crippen molar-refractivity contribution >= 4 is 5.97 Å². The zero-order chi connectivity index (χ0) is 9.07. The molecule has 0 spiro atoms. The van der Waals surface area contributed by atoms with Crippen LogP contribution >= 0.6 is 0 Å². The minimum absolute atomic E-state index is 0.0197. The average molecular weight is 135 g/mol. The fraction of sp³-hybridized carbons (Fsp3) is 0.833. The topological polar surface area (TPSA) is 63.3 Å². The summed E-state index contributed by atoms with van der Waals surface area (Å²) in [7, 11) is 0. The van der Waals surface area contributed by atoms with Crippen molar-refractivity contribution in [1.82, 2.24) is 0 Å². The Balaban J connectivity index is 3.93. The van der Waals surface area contributed by atoms with E-state index in [4.69, 9.17) is 13.6 Å². The quantitative estimate of drug-likeness (QED) is 0.590. The molecule has 2 atom stereocenters. The lowest BCUT2D eigenvalue weighted by molar-refractivity contribution is -0.138. The molecular formula is C6H13NO2. The fourth-order valence-corrected chi connectivity index (χ4v) is 0.463. The van der Waals surface area contributed by atoms with Gasteiger partial charge in [0.2, 0.25) is 0 Å². The van der Waals surface area contributed by atoms with Gasteiger partial charge in [-0.15, -0.1) is 0 Å². The molecule has 3 N–H and O–H groups in total. The Hall–Kier alpha value is -0.570. The van der Waals surface area contributed by atoms with Crippen molar-refractivity contribution in [3.8, 4) is 0 Å². The van der Waals surface area contributed by atoms with Gasteiger partial charge in [-0.2, -0.15) is 0 Å². The molecule has 0 fully saturated rings. The van der Waals surface area contributed by atoms with Crippen molar-refractivity contribution < 1.29 is 12.6 Å². The molecule has 0 heterocycles. The van der Waals surface area contributed by atoms with Crippen LogP contribution in [-0.2, 0) is 4.79 Å². The Morgan fingerprint density at radius 2 is 2.67 bits per heavy atom. The molecule has 54 valence electrons. The molecule has 0 aliphatic heterocycles. The summed E-state index contributed by atoms with van der Waals surface area (Å²) < 4.78 is 14.3. The van der Waals surface area contributed by atoms with Crippen LogP contribution in [0.25, 0.3) is 0 Å². The molecule has 0 aliphatic rings. The van der Waals surface area contributed by atoms with Gasteiger partial charge < -0.3 is 10.8 Å². The molecule has 0 aromatic rings. The van der Waals surface area contributed by atoms with E-state index in [2.05, 4.69) is 0 Å². The second-order valence-corrected chi connectivity index (χ2v) is 2.11. The molecule has 0 saturated carbocycles. The Morgan fingerprint density at radius 1 is 2.11 bits per heavy atom. The third-order valence-corrected chi connectivity index (χ3v) is 0.886. The van der Waals surface area contributed by atoms with E-state index in [0.717, 1.165) is 0 Å². The zero-order valence-electron chi connectivity index (χ0n) is 7.42. The van der Waals surface area contributed by atoms with E-state index in [9.17, 15) is 4.79 Å². The molecule has 1 unspecified atom stereocenters. The third kappa shape index (κ3) is 3.97. The van der Waals surface area contributed by atoms with Gasteiger partial charge in [-0.1, -0.05) is 13.8 Å². The van der Waals surface area contributed by atoms with E-state index < -0.39 is 17.9 Å². The Morgan fingerprint density at radius 3 is 3.00 bits per heavy atom. The SMILES string of the molecule is [3H]CC([3H])(C)C[C@H](N)C(=O)O. The molecule has 0 bridgehead atoms. The summed E-state index contributed by atoms with van der Waals surface area (Å²) in [5, 5.41) is 8.37. The van der Waals surface area contributed by atoms with Gasteiger partial charge in [0.1, 0.15) is 6.04 Å². The predicted molar refractivity (Wildman–Crippen MR) is 35.1 cm³/mol. The highest BCUT2D eigenvalue weighted by atomic mass is 16.4. The van der Waals surface area contributed by atoms with Crippen molar-refractivity contribution in [2.75, 3.05) is 0 Å². The third-order valence-electron chi connectivity index (χ3n) is 0.886. The fourth-order valence-electron chi connectivity index (χ4n) is 0.463. The van der Waals surface area contributed by atoms with E-state index >= 15 is 0 Å². The summed E-state index contributed by atoms with van der Waals surface area (Å²) in [6, 6.07) is -1.03. The van der Waals surface area contributed by atoms with E-state index in [1.807, 2.05) is 0 Å². The summed E-state index contributed by atoms with van der Waals surface area (Å²) in [5.74, 6) is -2.16. The van der Waals surface area contributed by atoms with Gasteiger partial charge in [0.25, 0.3) is 0 Å². The summed E-state index contributed by atoms with van der Waals surface area (Å²) in [4.78, 5) is 10.2. The second-order valence-electron chi connectivity index (χ2n) is 2.11. The number of aliphatic carboxylic acids is 1. The maximum atomic E-state index is 10.2. The number of nitrogens with two attached hydrogens (primary N) is 1. The van der Waals surface area contributed by atoms with Crippen LogP contribution in [0.1, 0.15) is 23.0 Å². The van der Waals surface area contributed by atoms with Crippen molar-refractivity contribution in [2.45, 2.75) is 26.3 Å². The van der Waals surface area contributed by atoms with Crippen LogP contribution in [-0.4, -0.2) is 17.1 Å². The highest BCUT2D eigenvalue weighted by molar-refractivity contribution is 5.72. The Kier molecular flexibility index (Phi) is 2.01. The first-order valence-electron chi connectivity index (χ1n) is 3.87. The van der Waals surface area contributed by atoms with Gasteiger partial charge in [-0.05, 0) is 12.3 Å². The van der Waals surface area contributed by atoms with Crippen molar-refractivity contribution in [3.63, 3.8) is 0 Å². The first-order chi connectivity index (χ1) is 4.89. The molecular weight excluding hydrogens is 118 g/mol. The number of hydrogen-bond donors (Lipinski definition) is 2. The zero-order valence-corrected chi connectivity index (χ0v) is 5.42. The molecule has 0 aliphatic carbocycles. The number of carbonyl (C=O) groups is 1. The van der Waals surface area contributed by atoms with Gasteiger partial charge in [0.05, 0.1) is 0 Å². The van der Waals surface area contributed by atoms with Gasteiger partial charge >= 0.3 is 5.97 Å². The molecule has 0 radical (unpaired) electrons. The summed E-state index contributed by atoms with van der Waals surface area (Å²) >= 11 is 0. The molecule has 0 aromatic heterocycles. The average Bonchev–Trinajstić information content (AvgIpc) is 1.87. The minimum Gasteiger partial charge on any atom is -0.480 e. The lowest BCUT2D eigenvalue weighted by Gasteiger charge is -2.07. The van der Waals surface area contributed by atoms with Crippen LogP contribution in [0, 0.1) is 5.89 Å². The number of carboxylic acid groups (broad SMARTS) is 1. The van der Waals surface area contributed by atoms with Gasteiger partial charge in [0.15, 0.2) is 0 Å². The van der Waals surface area contributed by atoms with E-state index in [-0.39, 0.29) is 13.3 Å². The highest BCUT2D eigenvalue weighted by Crippen LogP contribution is 2.01. The van der Waals surface area contributed by atoms with Crippen molar-refractivity contribution in [3.05, 3.63) is 0 Å². The normalized spacial score (nSPS) is 23.3. The van der Waals surface area contributed by atoms with E-state index in [1.165, 1.54) is 6.92 Å². The van der Waals surface area contributed by atoms with Crippen LogP contribution in [0.4, 0.5) is 0 Å². The van der Waals surface area contributed by atoms with Crippen LogP contribution in [0.15, 0.2) is 0 Å². The smallest absolute Gasteiger partial charge is 0.320 e. The standard InChI is InChI=1S/C6H13NO2/c1-4(2)3-5(7)6(8)9/h4-5H,3,7H2,1-2H3,(H,8,9)/t5-/m0/s1/i1T,4T/t4?,5-. The maximum Gasteiger partial charge on any atom is 0.320 e. The minimum atomic E-state index is -1.11.